The number of hydrogen-bond acceptors (Lipinski definition) is 3. The Hall–Kier alpha value is -1.12. The quantitative estimate of drug-likeness (QED) is 0.519. The molecule has 3 heteroatoms. The molecule has 0 aromatic rings. The molecule has 0 aromatic heterocycles. The first-order valence-corrected chi connectivity index (χ1v) is 8.21. The molecule has 0 heterocycles. The summed E-state index contributed by atoms with van der Waals surface area (Å²) < 4.78 is 5.41. The number of Topliss-reactive ketones (excluding diaryl/α,β-unsaturated/α-hetero) is 1. The van der Waals surface area contributed by atoms with Gasteiger partial charge in [-0.1, -0.05) is 26.8 Å². The number of ketones is 1. The van der Waals surface area contributed by atoms with Crippen LogP contribution in [0, 0.1) is 17.8 Å². The molecule has 0 aliphatic heterocycles. The van der Waals surface area contributed by atoms with Crippen LogP contribution >= 0.6 is 0 Å². The van der Waals surface area contributed by atoms with Crippen LogP contribution in [-0.4, -0.2) is 17.9 Å². The predicted molar refractivity (Wildman–Crippen MR) is 84.9 cm³/mol. The van der Waals surface area contributed by atoms with E-state index in [9.17, 15) is 9.59 Å². The maximum Gasteiger partial charge on any atom is 0.333 e. The van der Waals surface area contributed by atoms with Crippen molar-refractivity contribution in [1.82, 2.24) is 0 Å². The molecular formula is C18H30O3. The molecule has 0 spiro atoms. The lowest BCUT2D eigenvalue weighted by Crippen LogP contribution is -2.29. The highest BCUT2D eigenvalue weighted by atomic mass is 16.5. The lowest BCUT2D eigenvalue weighted by atomic mass is 9.70. The number of rotatable bonds is 7. The Labute approximate surface area is 129 Å². The number of carbonyl (C=O) groups is 2. The van der Waals surface area contributed by atoms with Gasteiger partial charge in [-0.15, -0.1) is 0 Å². The highest BCUT2D eigenvalue weighted by Gasteiger charge is 2.31. The Morgan fingerprint density at radius 2 is 1.95 bits per heavy atom. The van der Waals surface area contributed by atoms with E-state index in [0.29, 0.717) is 42.0 Å². The zero-order valence-corrected chi connectivity index (χ0v) is 14.0. The van der Waals surface area contributed by atoms with Gasteiger partial charge in [0, 0.05) is 18.4 Å². The zero-order chi connectivity index (χ0) is 16.0. The summed E-state index contributed by atoms with van der Waals surface area (Å²) in [5.74, 6) is 1.68. The molecule has 21 heavy (non-hydrogen) atoms. The highest BCUT2D eigenvalue weighted by molar-refractivity contribution is 5.87. The van der Waals surface area contributed by atoms with Crippen molar-refractivity contribution in [3.8, 4) is 0 Å². The van der Waals surface area contributed by atoms with E-state index in [0.717, 1.165) is 19.3 Å². The first-order chi connectivity index (χ1) is 9.83. The van der Waals surface area contributed by atoms with Gasteiger partial charge in [-0.2, -0.15) is 0 Å². The Bertz CT molecular complexity index is 386. The SMILES string of the molecule is C=C(C)C(=O)OC(C)CC1CC(C)CCC1CC(=O)CC. The average molecular weight is 294 g/mol. The molecule has 1 fully saturated rings. The Kier molecular flexibility index (Phi) is 7.13. The molecule has 0 bridgehead atoms. The average Bonchev–Trinajstić information content (AvgIpc) is 2.41. The summed E-state index contributed by atoms with van der Waals surface area (Å²) in [7, 11) is 0. The van der Waals surface area contributed by atoms with Gasteiger partial charge in [0.2, 0.25) is 0 Å². The second kappa shape index (κ2) is 8.35. The largest absolute Gasteiger partial charge is 0.459 e. The van der Waals surface area contributed by atoms with Gasteiger partial charge in [0.05, 0.1) is 6.10 Å². The van der Waals surface area contributed by atoms with Crippen LogP contribution in [0.3, 0.4) is 0 Å². The third kappa shape index (κ3) is 6.03. The first kappa shape index (κ1) is 17.9. The van der Waals surface area contributed by atoms with Crippen molar-refractivity contribution in [3.63, 3.8) is 0 Å². The summed E-state index contributed by atoms with van der Waals surface area (Å²) in [6.45, 7) is 11.4. The molecule has 0 radical (unpaired) electrons. The minimum Gasteiger partial charge on any atom is -0.459 e. The van der Waals surface area contributed by atoms with Gasteiger partial charge < -0.3 is 4.74 Å². The van der Waals surface area contributed by atoms with E-state index >= 15 is 0 Å². The molecule has 1 rings (SSSR count). The van der Waals surface area contributed by atoms with Gasteiger partial charge in [0.1, 0.15) is 5.78 Å². The molecule has 0 saturated heterocycles. The molecule has 3 nitrogen and oxygen atoms in total. The summed E-state index contributed by atoms with van der Waals surface area (Å²) in [6, 6.07) is 0. The number of esters is 1. The zero-order valence-electron chi connectivity index (χ0n) is 14.0. The predicted octanol–water partition coefficient (Wildman–Crippen LogP) is 4.31. The third-order valence-corrected chi connectivity index (χ3v) is 4.58. The fourth-order valence-corrected chi connectivity index (χ4v) is 3.31. The van der Waals surface area contributed by atoms with Crippen molar-refractivity contribution < 1.29 is 14.3 Å². The van der Waals surface area contributed by atoms with Gasteiger partial charge in [-0.3, -0.25) is 4.79 Å². The van der Waals surface area contributed by atoms with E-state index in [1.165, 1.54) is 6.42 Å². The van der Waals surface area contributed by atoms with E-state index in [1.807, 2.05) is 13.8 Å². The first-order valence-electron chi connectivity index (χ1n) is 8.21. The second-order valence-corrected chi connectivity index (χ2v) is 6.77. The van der Waals surface area contributed by atoms with Crippen molar-refractivity contribution in [1.29, 1.82) is 0 Å². The van der Waals surface area contributed by atoms with E-state index < -0.39 is 0 Å². The Morgan fingerprint density at radius 1 is 1.29 bits per heavy atom. The molecule has 4 unspecified atom stereocenters. The topological polar surface area (TPSA) is 43.4 Å². The highest BCUT2D eigenvalue weighted by Crippen LogP contribution is 2.38. The molecule has 1 saturated carbocycles. The van der Waals surface area contributed by atoms with Crippen molar-refractivity contribution in [2.24, 2.45) is 17.8 Å². The van der Waals surface area contributed by atoms with E-state index in [4.69, 9.17) is 4.74 Å². The summed E-state index contributed by atoms with van der Waals surface area (Å²) in [5.41, 5.74) is 0.441. The molecule has 0 N–H and O–H groups in total. The Morgan fingerprint density at radius 3 is 2.52 bits per heavy atom. The fourth-order valence-electron chi connectivity index (χ4n) is 3.31. The smallest absolute Gasteiger partial charge is 0.333 e. The van der Waals surface area contributed by atoms with Crippen molar-refractivity contribution in [2.75, 3.05) is 0 Å². The molecular weight excluding hydrogens is 264 g/mol. The molecule has 4 atom stereocenters. The van der Waals surface area contributed by atoms with Crippen molar-refractivity contribution in [3.05, 3.63) is 12.2 Å². The standard InChI is InChI=1S/C18H30O3/c1-6-17(19)11-15-8-7-13(4)9-16(15)10-14(5)21-18(20)12(2)3/h13-16H,2,6-11H2,1,3-5H3. The maximum atomic E-state index is 11.8. The number of carbonyl (C=O) groups excluding carboxylic acids is 2. The third-order valence-electron chi connectivity index (χ3n) is 4.58. The molecule has 1 aliphatic rings. The van der Waals surface area contributed by atoms with Gasteiger partial charge in [-0.25, -0.2) is 4.79 Å². The van der Waals surface area contributed by atoms with E-state index in [2.05, 4.69) is 13.5 Å². The summed E-state index contributed by atoms with van der Waals surface area (Å²) in [6.07, 6.45) is 5.52. The van der Waals surface area contributed by atoms with Crippen molar-refractivity contribution in [2.45, 2.75) is 72.3 Å². The molecule has 0 amide bonds. The van der Waals surface area contributed by atoms with Crippen LogP contribution in [-0.2, 0) is 14.3 Å². The van der Waals surface area contributed by atoms with Gasteiger partial charge in [0.15, 0.2) is 0 Å². The lowest BCUT2D eigenvalue weighted by Gasteiger charge is -2.36. The van der Waals surface area contributed by atoms with Crippen LogP contribution in [0.15, 0.2) is 12.2 Å². The fraction of sp³-hybridized carbons (Fsp3) is 0.778. The van der Waals surface area contributed by atoms with E-state index in [1.54, 1.807) is 6.92 Å². The Balaban J connectivity index is 2.59. The van der Waals surface area contributed by atoms with Crippen molar-refractivity contribution >= 4 is 11.8 Å². The van der Waals surface area contributed by atoms with Gasteiger partial charge in [-0.05, 0) is 50.9 Å². The summed E-state index contributed by atoms with van der Waals surface area (Å²) in [4.78, 5) is 23.4. The summed E-state index contributed by atoms with van der Waals surface area (Å²) in [5, 5.41) is 0. The van der Waals surface area contributed by atoms with Gasteiger partial charge >= 0.3 is 5.97 Å². The van der Waals surface area contributed by atoms with Crippen LogP contribution in [0.25, 0.3) is 0 Å². The maximum absolute atomic E-state index is 11.8. The van der Waals surface area contributed by atoms with Gasteiger partial charge in [0.25, 0.3) is 0 Å². The van der Waals surface area contributed by atoms with Crippen LogP contribution < -0.4 is 0 Å². The van der Waals surface area contributed by atoms with Crippen LogP contribution in [0.1, 0.15) is 66.2 Å². The lowest BCUT2D eigenvalue weighted by molar-refractivity contribution is -0.144. The number of hydrogen-bond donors (Lipinski definition) is 0. The second-order valence-electron chi connectivity index (χ2n) is 6.77. The normalized spacial score (nSPS) is 27.0. The molecule has 1 aliphatic carbocycles. The van der Waals surface area contributed by atoms with E-state index in [-0.39, 0.29) is 12.1 Å². The molecule has 0 aromatic carbocycles. The van der Waals surface area contributed by atoms with Crippen LogP contribution in [0.5, 0.6) is 0 Å². The van der Waals surface area contributed by atoms with Crippen LogP contribution in [0.4, 0.5) is 0 Å². The minimum atomic E-state index is -0.312. The monoisotopic (exact) mass is 294 g/mol. The molecule has 120 valence electrons. The van der Waals surface area contributed by atoms with Crippen LogP contribution in [0.2, 0.25) is 0 Å². The minimum absolute atomic E-state index is 0.108. The number of ether oxygens (including phenoxy) is 1. The summed E-state index contributed by atoms with van der Waals surface area (Å²) >= 11 is 0.